The van der Waals surface area contributed by atoms with Gasteiger partial charge in [0.25, 0.3) is 0 Å². The third-order valence-corrected chi connectivity index (χ3v) is 4.17. The first-order chi connectivity index (χ1) is 9.41. The van der Waals surface area contributed by atoms with E-state index in [0.29, 0.717) is 12.8 Å². The Hall–Kier alpha value is -0.280. The zero-order valence-corrected chi connectivity index (χ0v) is 12.4. The van der Waals surface area contributed by atoms with Gasteiger partial charge in [-0.05, 0) is 19.3 Å². The fourth-order valence-electron chi connectivity index (χ4n) is 2.86. The third-order valence-electron chi connectivity index (χ3n) is 4.17. The van der Waals surface area contributed by atoms with E-state index in [4.69, 9.17) is 0 Å². The van der Waals surface area contributed by atoms with E-state index < -0.39 is 11.8 Å². The van der Waals surface area contributed by atoms with Crippen molar-refractivity contribution in [2.45, 2.75) is 102 Å². The third kappa shape index (κ3) is 8.80. The van der Waals surface area contributed by atoms with Gasteiger partial charge in [-0.25, -0.2) is 17.6 Å². The minimum Gasteiger partial charge on any atom is -0.207 e. The Balaban J connectivity index is 2.39. The standard InChI is InChI=1S/C16H28F4/c17-15(18)11-8-6-4-2-1-3-5-7-9-12-16(19,20)14-10-13-15/h1-14H2. The van der Waals surface area contributed by atoms with E-state index in [1.54, 1.807) is 0 Å². The molecule has 0 atom stereocenters. The molecule has 0 aromatic rings. The normalized spacial score (nSPS) is 27.0. The lowest BCUT2D eigenvalue weighted by molar-refractivity contribution is -0.0461. The molecule has 0 aliphatic heterocycles. The Labute approximate surface area is 120 Å². The van der Waals surface area contributed by atoms with Crippen LogP contribution in [-0.4, -0.2) is 11.8 Å². The predicted molar refractivity (Wildman–Crippen MR) is 74.5 cm³/mol. The van der Waals surface area contributed by atoms with Crippen molar-refractivity contribution in [3.8, 4) is 0 Å². The van der Waals surface area contributed by atoms with Crippen molar-refractivity contribution in [3.05, 3.63) is 0 Å². The first-order valence-corrected chi connectivity index (χ1v) is 8.17. The van der Waals surface area contributed by atoms with E-state index in [1.807, 2.05) is 0 Å². The molecule has 0 amide bonds. The van der Waals surface area contributed by atoms with Crippen molar-refractivity contribution in [1.29, 1.82) is 0 Å². The average Bonchev–Trinajstić information content (AvgIpc) is 2.34. The zero-order chi connectivity index (χ0) is 14.9. The smallest absolute Gasteiger partial charge is 0.207 e. The molecule has 0 nitrogen and oxygen atoms in total. The lowest BCUT2D eigenvalue weighted by Gasteiger charge is -2.20. The highest BCUT2D eigenvalue weighted by Gasteiger charge is 2.32. The maximum absolute atomic E-state index is 13.5. The van der Waals surface area contributed by atoms with Gasteiger partial charge in [0.05, 0.1) is 0 Å². The first-order valence-electron chi connectivity index (χ1n) is 8.17. The Morgan fingerprint density at radius 2 is 0.600 bits per heavy atom. The molecule has 1 aliphatic carbocycles. The second-order valence-corrected chi connectivity index (χ2v) is 6.25. The van der Waals surface area contributed by atoms with Crippen LogP contribution in [0.3, 0.4) is 0 Å². The van der Waals surface area contributed by atoms with E-state index in [9.17, 15) is 17.6 Å². The van der Waals surface area contributed by atoms with Crippen LogP contribution in [0.1, 0.15) is 89.9 Å². The number of hydrogen-bond donors (Lipinski definition) is 0. The highest BCUT2D eigenvalue weighted by Crippen LogP contribution is 2.33. The van der Waals surface area contributed by atoms with Crippen molar-refractivity contribution in [1.82, 2.24) is 0 Å². The fourth-order valence-corrected chi connectivity index (χ4v) is 2.86. The van der Waals surface area contributed by atoms with E-state index in [0.717, 1.165) is 44.9 Å². The van der Waals surface area contributed by atoms with E-state index in [2.05, 4.69) is 0 Å². The van der Waals surface area contributed by atoms with Gasteiger partial charge in [0.2, 0.25) is 11.8 Å². The molecule has 1 rings (SSSR count). The van der Waals surface area contributed by atoms with Crippen LogP contribution < -0.4 is 0 Å². The summed E-state index contributed by atoms with van der Waals surface area (Å²) in [6.45, 7) is 0. The van der Waals surface area contributed by atoms with Crippen LogP contribution in [-0.2, 0) is 0 Å². The van der Waals surface area contributed by atoms with Gasteiger partial charge in [0.15, 0.2) is 0 Å². The maximum Gasteiger partial charge on any atom is 0.248 e. The molecule has 20 heavy (non-hydrogen) atoms. The molecule has 0 radical (unpaired) electrons. The molecule has 1 saturated carbocycles. The van der Waals surface area contributed by atoms with Gasteiger partial charge < -0.3 is 0 Å². The van der Waals surface area contributed by atoms with Crippen LogP contribution in [0.4, 0.5) is 17.6 Å². The molecule has 1 aliphatic rings. The highest BCUT2D eigenvalue weighted by atomic mass is 19.3. The van der Waals surface area contributed by atoms with Crippen LogP contribution in [0.2, 0.25) is 0 Å². The van der Waals surface area contributed by atoms with Crippen LogP contribution >= 0.6 is 0 Å². The van der Waals surface area contributed by atoms with Gasteiger partial charge in [0.1, 0.15) is 0 Å². The van der Waals surface area contributed by atoms with Crippen molar-refractivity contribution in [3.63, 3.8) is 0 Å². The maximum atomic E-state index is 13.5. The number of alkyl halides is 4. The second-order valence-electron chi connectivity index (χ2n) is 6.25. The SMILES string of the molecule is FC1(F)CCCCCCCCCCCC(F)(F)CCC1. The average molecular weight is 296 g/mol. The molecule has 0 N–H and O–H groups in total. The summed E-state index contributed by atoms with van der Waals surface area (Å²) in [4.78, 5) is 0. The summed E-state index contributed by atoms with van der Waals surface area (Å²) in [5, 5.41) is 0. The van der Waals surface area contributed by atoms with E-state index >= 15 is 0 Å². The number of rotatable bonds is 0. The molecule has 0 unspecified atom stereocenters. The molecule has 1 fully saturated rings. The largest absolute Gasteiger partial charge is 0.248 e. The van der Waals surface area contributed by atoms with Crippen LogP contribution in [0.15, 0.2) is 0 Å². The first kappa shape index (κ1) is 17.8. The van der Waals surface area contributed by atoms with Gasteiger partial charge >= 0.3 is 0 Å². The lowest BCUT2D eigenvalue weighted by atomic mass is 9.98. The summed E-state index contributed by atoms with van der Waals surface area (Å²) in [5.74, 6) is -5.51. The molecule has 0 saturated heterocycles. The van der Waals surface area contributed by atoms with Crippen LogP contribution in [0.25, 0.3) is 0 Å². The highest BCUT2D eigenvalue weighted by molar-refractivity contribution is 4.72. The predicted octanol–water partition coefficient (Wildman–Crippen LogP) is 6.73. The van der Waals surface area contributed by atoms with Gasteiger partial charge in [0, 0.05) is 25.7 Å². The van der Waals surface area contributed by atoms with E-state index in [1.165, 1.54) is 0 Å². The minimum atomic E-state index is -2.76. The van der Waals surface area contributed by atoms with Gasteiger partial charge in [-0.1, -0.05) is 44.9 Å². The summed E-state index contributed by atoms with van der Waals surface area (Å²) in [6.07, 6.45) is 6.91. The molecule has 0 aromatic carbocycles. The summed E-state index contributed by atoms with van der Waals surface area (Å²) in [5.41, 5.74) is 0. The van der Waals surface area contributed by atoms with E-state index in [-0.39, 0.29) is 32.1 Å². The molecular weight excluding hydrogens is 268 g/mol. The number of hydrogen-bond acceptors (Lipinski definition) is 0. The summed E-state index contributed by atoms with van der Waals surface area (Å²) < 4.78 is 54.1. The number of halogens is 4. The van der Waals surface area contributed by atoms with Crippen molar-refractivity contribution < 1.29 is 17.6 Å². The summed E-state index contributed by atoms with van der Waals surface area (Å²) >= 11 is 0. The van der Waals surface area contributed by atoms with Crippen LogP contribution in [0, 0.1) is 0 Å². The van der Waals surface area contributed by atoms with Crippen molar-refractivity contribution in [2.75, 3.05) is 0 Å². The Morgan fingerprint density at radius 1 is 0.350 bits per heavy atom. The molecule has 0 spiro atoms. The quantitative estimate of drug-likeness (QED) is 0.435. The molecule has 0 bridgehead atoms. The van der Waals surface area contributed by atoms with Gasteiger partial charge in [-0.2, -0.15) is 0 Å². The topological polar surface area (TPSA) is 0 Å². The monoisotopic (exact) mass is 296 g/mol. The molecule has 0 heterocycles. The molecular formula is C16H28F4. The van der Waals surface area contributed by atoms with Crippen molar-refractivity contribution in [2.24, 2.45) is 0 Å². The zero-order valence-electron chi connectivity index (χ0n) is 12.4. The summed E-state index contributed by atoms with van der Waals surface area (Å²) in [7, 11) is 0. The molecule has 0 aromatic heterocycles. The lowest BCUT2D eigenvalue weighted by Crippen LogP contribution is -2.20. The molecule has 4 heteroatoms. The van der Waals surface area contributed by atoms with Gasteiger partial charge in [-0.15, -0.1) is 0 Å². The van der Waals surface area contributed by atoms with Gasteiger partial charge in [-0.3, -0.25) is 0 Å². The Morgan fingerprint density at radius 3 is 0.950 bits per heavy atom. The van der Waals surface area contributed by atoms with Crippen molar-refractivity contribution >= 4 is 0 Å². The summed E-state index contributed by atoms with van der Waals surface area (Å²) in [6, 6.07) is 0. The Bertz CT molecular complexity index is 227. The fraction of sp³-hybridized carbons (Fsp3) is 1.00. The minimum absolute atomic E-state index is 0.0694. The Kier molecular flexibility index (Phi) is 7.90. The second kappa shape index (κ2) is 8.89. The van der Waals surface area contributed by atoms with Crippen LogP contribution in [0.5, 0.6) is 0 Å². The molecule has 120 valence electrons.